The zero-order valence-corrected chi connectivity index (χ0v) is 20.9. The van der Waals surface area contributed by atoms with Crippen molar-refractivity contribution >= 4 is 9.84 Å². The van der Waals surface area contributed by atoms with Gasteiger partial charge in [-0.1, -0.05) is 26.0 Å². The van der Waals surface area contributed by atoms with Crippen molar-refractivity contribution in [1.29, 1.82) is 0 Å². The molecule has 0 amide bonds. The van der Waals surface area contributed by atoms with E-state index in [1.54, 1.807) is 12.1 Å². The quantitative estimate of drug-likeness (QED) is 0.436. The van der Waals surface area contributed by atoms with E-state index in [9.17, 15) is 17.9 Å². The summed E-state index contributed by atoms with van der Waals surface area (Å²) in [5.74, 6) is 2.24. The molecule has 1 fully saturated rings. The van der Waals surface area contributed by atoms with Gasteiger partial charge in [-0.25, -0.2) is 12.8 Å². The van der Waals surface area contributed by atoms with Gasteiger partial charge < -0.3 is 14.3 Å². The molecule has 1 aliphatic rings. The van der Waals surface area contributed by atoms with E-state index < -0.39 is 15.9 Å². The van der Waals surface area contributed by atoms with Crippen molar-refractivity contribution in [2.75, 3.05) is 24.7 Å². The van der Waals surface area contributed by atoms with E-state index in [0.717, 1.165) is 5.56 Å². The molecule has 1 N–H and O–H groups in total. The predicted octanol–water partition coefficient (Wildman–Crippen LogP) is 4.64. The van der Waals surface area contributed by atoms with E-state index in [1.165, 1.54) is 17.7 Å². The lowest BCUT2D eigenvalue weighted by atomic mass is 10.0. The summed E-state index contributed by atoms with van der Waals surface area (Å²) < 4.78 is 49.2. The molecular weight excluding hydrogens is 469 g/mol. The van der Waals surface area contributed by atoms with Gasteiger partial charge in [-0.05, 0) is 66.4 Å². The number of benzene rings is 2. The van der Waals surface area contributed by atoms with E-state index in [1.807, 2.05) is 41.3 Å². The van der Waals surface area contributed by atoms with Gasteiger partial charge in [0.2, 0.25) is 0 Å². The molecule has 1 aliphatic heterocycles. The second-order valence-corrected chi connectivity index (χ2v) is 11.7. The van der Waals surface area contributed by atoms with Crippen LogP contribution in [0.25, 0.3) is 11.3 Å². The highest BCUT2D eigenvalue weighted by molar-refractivity contribution is 7.91. The molecule has 0 spiro atoms. The van der Waals surface area contributed by atoms with Crippen LogP contribution in [0, 0.1) is 5.82 Å². The number of furan rings is 1. The summed E-state index contributed by atoms with van der Waals surface area (Å²) in [5.41, 5.74) is 1.97. The molecule has 1 aromatic heterocycles. The summed E-state index contributed by atoms with van der Waals surface area (Å²) in [4.78, 5) is 1.95. The second-order valence-electron chi connectivity index (χ2n) is 9.45. The van der Waals surface area contributed by atoms with Crippen LogP contribution in [0.15, 0.2) is 65.1 Å². The van der Waals surface area contributed by atoms with Crippen molar-refractivity contribution < 1.29 is 27.1 Å². The molecule has 0 saturated carbocycles. The van der Waals surface area contributed by atoms with Crippen molar-refractivity contribution in [3.8, 4) is 17.1 Å². The molecule has 8 heteroatoms. The van der Waals surface area contributed by atoms with Crippen LogP contribution in [0.3, 0.4) is 0 Å². The van der Waals surface area contributed by atoms with Gasteiger partial charge in [-0.3, -0.25) is 4.90 Å². The minimum atomic E-state index is -3.10. The van der Waals surface area contributed by atoms with E-state index in [2.05, 4.69) is 13.8 Å². The minimum Gasteiger partial charge on any atom is -0.491 e. The highest BCUT2D eigenvalue weighted by Gasteiger charge is 2.33. The molecule has 188 valence electrons. The third-order valence-corrected chi connectivity index (χ3v) is 8.06. The van der Waals surface area contributed by atoms with Crippen LogP contribution in [0.1, 0.15) is 37.5 Å². The summed E-state index contributed by atoms with van der Waals surface area (Å²) in [6.07, 6.45) is -0.299. The van der Waals surface area contributed by atoms with Crippen molar-refractivity contribution in [2.45, 2.75) is 44.9 Å². The Kier molecular flexibility index (Phi) is 7.94. The second kappa shape index (κ2) is 10.9. The van der Waals surface area contributed by atoms with Crippen LogP contribution in [-0.4, -0.2) is 55.2 Å². The van der Waals surface area contributed by atoms with Crippen LogP contribution in [-0.2, 0) is 16.4 Å². The monoisotopic (exact) mass is 501 g/mol. The number of halogens is 1. The first kappa shape index (κ1) is 25.4. The number of hydrogen-bond acceptors (Lipinski definition) is 6. The molecule has 3 aromatic rings. The Labute approximate surface area is 206 Å². The average Bonchev–Trinajstić information content (AvgIpc) is 3.44. The largest absolute Gasteiger partial charge is 0.491 e. The van der Waals surface area contributed by atoms with Crippen molar-refractivity contribution in [3.63, 3.8) is 0 Å². The maximum atomic E-state index is 13.2. The molecule has 2 atom stereocenters. The first-order valence-electron chi connectivity index (χ1n) is 11.9. The Bertz CT molecular complexity index is 1210. The lowest BCUT2D eigenvalue weighted by Crippen LogP contribution is -2.42. The molecule has 0 bridgehead atoms. The number of sulfone groups is 1. The normalized spacial score (nSPS) is 18.3. The molecule has 1 saturated heterocycles. The zero-order chi connectivity index (χ0) is 25.0. The molecule has 0 aliphatic carbocycles. The van der Waals surface area contributed by atoms with Gasteiger partial charge in [-0.15, -0.1) is 0 Å². The Morgan fingerprint density at radius 1 is 1.09 bits per heavy atom. The molecule has 0 radical (unpaired) electrons. The number of aliphatic hydroxyl groups excluding tert-OH is 1. The smallest absolute Gasteiger partial charge is 0.151 e. The van der Waals surface area contributed by atoms with Gasteiger partial charge in [0, 0.05) is 18.2 Å². The number of hydrogen-bond donors (Lipinski definition) is 1. The molecule has 6 nitrogen and oxygen atoms in total. The van der Waals surface area contributed by atoms with Crippen LogP contribution in [0.4, 0.5) is 4.39 Å². The third-order valence-electron chi connectivity index (χ3n) is 6.31. The number of nitrogens with zero attached hydrogens (tertiary/aromatic N) is 1. The standard InChI is InChI=1S/C27H32FNO5S/c1-19(2)20-5-9-25(10-6-20)33-17-24(30)15-29(23-13-14-35(31,32)18-23)16-26-11-12-27(34-26)21-3-7-22(28)8-4-21/h3-12,19,23-24,30H,13-18H2,1-2H3. The molecule has 2 aromatic carbocycles. The summed E-state index contributed by atoms with van der Waals surface area (Å²) in [6, 6.07) is 17.3. The van der Waals surface area contributed by atoms with Crippen LogP contribution < -0.4 is 4.74 Å². The van der Waals surface area contributed by atoms with E-state index in [-0.39, 0.29) is 36.5 Å². The maximum absolute atomic E-state index is 13.2. The van der Waals surface area contributed by atoms with Crippen molar-refractivity contribution in [3.05, 3.63) is 77.8 Å². The van der Waals surface area contributed by atoms with Crippen LogP contribution in [0.2, 0.25) is 0 Å². The fourth-order valence-corrected chi connectivity index (χ4v) is 6.06. The molecule has 2 heterocycles. The SMILES string of the molecule is CC(C)c1ccc(OCC(O)CN(Cc2ccc(-c3ccc(F)cc3)o2)C2CCS(=O)(=O)C2)cc1. The Morgan fingerprint density at radius 2 is 1.80 bits per heavy atom. The number of rotatable bonds is 10. The van der Waals surface area contributed by atoms with Gasteiger partial charge in [0.15, 0.2) is 9.84 Å². The van der Waals surface area contributed by atoms with Gasteiger partial charge >= 0.3 is 0 Å². The lowest BCUT2D eigenvalue weighted by molar-refractivity contribution is 0.0498. The fourth-order valence-electron chi connectivity index (χ4n) is 4.30. The summed E-state index contributed by atoms with van der Waals surface area (Å²) in [7, 11) is -3.10. The molecule has 35 heavy (non-hydrogen) atoms. The molecule has 4 rings (SSSR count). The topological polar surface area (TPSA) is 80.0 Å². The first-order chi connectivity index (χ1) is 16.7. The minimum absolute atomic E-state index is 0.0583. The van der Waals surface area contributed by atoms with E-state index >= 15 is 0 Å². The number of ether oxygens (including phenoxy) is 1. The van der Waals surface area contributed by atoms with Crippen molar-refractivity contribution in [1.82, 2.24) is 4.90 Å². The van der Waals surface area contributed by atoms with Crippen LogP contribution in [0.5, 0.6) is 5.75 Å². The summed E-state index contributed by atoms with van der Waals surface area (Å²) >= 11 is 0. The lowest BCUT2D eigenvalue weighted by Gasteiger charge is -2.29. The van der Waals surface area contributed by atoms with E-state index in [4.69, 9.17) is 9.15 Å². The Hall–Kier alpha value is -2.68. The highest BCUT2D eigenvalue weighted by atomic mass is 32.2. The van der Waals surface area contributed by atoms with E-state index in [0.29, 0.717) is 36.2 Å². The van der Waals surface area contributed by atoms with Gasteiger partial charge in [0.05, 0.1) is 18.1 Å². The predicted molar refractivity (Wildman–Crippen MR) is 134 cm³/mol. The number of aliphatic hydroxyl groups is 1. The first-order valence-corrected chi connectivity index (χ1v) is 13.7. The molecular formula is C27H32FNO5S. The zero-order valence-electron chi connectivity index (χ0n) is 20.1. The average molecular weight is 502 g/mol. The molecule has 2 unspecified atom stereocenters. The van der Waals surface area contributed by atoms with Gasteiger partial charge in [0.25, 0.3) is 0 Å². The Morgan fingerprint density at radius 3 is 2.43 bits per heavy atom. The van der Waals surface area contributed by atoms with Crippen molar-refractivity contribution in [2.24, 2.45) is 0 Å². The Balaban J connectivity index is 1.41. The third kappa shape index (κ3) is 6.93. The van der Waals surface area contributed by atoms with Crippen LogP contribution >= 0.6 is 0 Å². The van der Waals surface area contributed by atoms with Gasteiger partial charge in [-0.2, -0.15) is 0 Å². The highest BCUT2D eigenvalue weighted by Crippen LogP contribution is 2.26. The summed E-state index contributed by atoms with van der Waals surface area (Å²) in [6.45, 7) is 4.94. The maximum Gasteiger partial charge on any atom is 0.151 e. The fraction of sp³-hybridized carbons (Fsp3) is 0.407. The van der Waals surface area contributed by atoms with Gasteiger partial charge in [0.1, 0.15) is 35.8 Å². The summed E-state index contributed by atoms with van der Waals surface area (Å²) in [5, 5.41) is 10.7.